The van der Waals surface area contributed by atoms with Crippen molar-refractivity contribution in [3.8, 4) is 5.75 Å². The van der Waals surface area contributed by atoms with Crippen LogP contribution < -0.4 is 10.1 Å². The molecule has 27 heavy (non-hydrogen) atoms. The number of hydrogen-bond donors (Lipinski definition) is 2. The minimum atomic E-state index is -0.195. The molecule has 0 saturated heterocycles. The lowest BCUT2D eigenvalue weighted by atomic mass is 10.0. The fraction of sp³-hybridized carbons (Fsp3) is 0.450. The number of methoxy groups -OCH3 is 1. The zero-order valence-corrected chi connectivity index (χ0v) is 16.0. The highest BCUT2D eigenvalue weighted by Gasteiger charge is 2.29. The van der Waals surface area contributed by atoms with Crippen molar-refractivity contribution in [3.63, 3.8) is 0 Å². The molecule has 1 aromatic heterocycles. The summed E-state index contributed by atoms with van der Waals surface area (Å²) in [6, 6.07) is 7.18. The van der Waals surface area contributed by atoms with E-state index in [9.17, 15) is 9.59 Å². The molecule has 3 rings (SSSR count). The predicted molar refractivity (Wildman–Crippen MR) is 102 cm³/mol. The van der Waals surface area contributed by atoms with Crippen LogP contribution in [-0.2, 0) is 13.0 Å². The second kappa shape index (κ2) is 8.24. The van der Waals surface area contributed by atoms with Gasteiger partial charge < -0.3 is 15.0 Å². The Bertz CT molecular complexity index is 830. The number of hydrogen-bond acceptors (Lipinski definition) is 4. The first-order chi connectivity index (χ1) is 13.0. The average molecular weight is 370 g/mol. The van der Waals surface area contributed by atoms with Crippen LogP contribution in [0.5, 0.6) is 5.75 Å². The molecule has 0 fully saturated rings. The zero-order chi connectivity index (χ0) is 19.4. The average Bonchev–Trinajstić information content (AvgIpc) is 3.14. The van der Waals surface area contributed by atoms with E-state index >= 15 is 0 Å². The molecule has 1 atom stereocenters. The number of aromatic nitrogens is 2. The molecule has 0 saturated carbocycles. The molecule has 1 aromatic carbocycles. The number of carbonyl (C=O) groups excluding carboxylic acids is 2. The molecule has 0 radical (unpaired) electrons. The number of nitrogens with one attached hydrogen (secondary N) is 2. The molecule has 1 unspecified atom stereocenters. The summed E-state index contributed by atoms with van der Waals surface area (Å²) in [5.41, 5.74) is 2.62. The molecule has 144 valence electrons. The first kappa shape index (κ1) is 18.9. The third-order valence-corrected chi connectivity index (χ3v) is 5.08. The number of rotatable bonds is 6. The van der Waals surface area contributed by atoms with E-state index in [1.165, 1.54) is 0 Å². The quantitative estimate of drug-likeness (QED) is 0.817. The molecule has 2 heterocycles. The van der Waals surface area contributed by atoms with Gasteiger partial charge in [0.15, 0.2) is 5.69 Å². The normalized spacial score (nSPS) is 14.4. The van der Waals surface area contributed by atoms with Gasteiger partial charge in [-0.3, -0.25) is 14.7 Å². The molecule has 0 bridgehead atoms. The summed E-state index contributed by atoms with van der Waals surface area (Å²) in [6.07, 6.45) is 1.64. The summed E-state index contributed by atoms with van der Waals surface area (Å²) in [6.45, 7) is 5.72. The number of fused-ring (bicyclic) bond motifs is 1. The third-order valence-electron chi connectivity index (χ3n) is 5.08. The summed E-state index contributed by atoms with van der Waals surface area (Å²) in [5, 5.41) is 10.1. The van der Waals surface area contributed by atoms with Crippen LogP contribution in [-0.4, -0.2) is 47.1 Å². The maximum absolute atomic E-state index is 13.0. The van der Waals surface area contributed by atoms with Crippen molar-refractivity contribution in [2.45, 2.75) is 33.2 Å². The van der Waals surface area contributed by atoms with Crippen LogP contribution in [0.4, 0.5) is 0 Å². The van der Waals surface area contributed by atoms with Gasteiger partial charge in [-0.05, 0) is 18.1 Å². The monoisotopic (exact) mass is 370 g/mol. The van der Waals surface area contributed by atoms with Crippen molar-refractivity contribution >= 4 is 11.8 Å². The lowest BCUT2D eigenvalue weighted by molar-refractivity contribution is 0.0728. The number of para-hydroxylation sites is 1. The van der Waals surface area contributed by atoms with E-state index in [0.29, 0.717) is 49.0 Å². The SMILES string of the molecule is CCC(C)CNC(=O)c1n[nH]c2c1CN(C(=O)c1ccccc1OC)CC2. The van der Waals surface area contributed by atoms with Gasteiger partial charge in [0.1, 0.15) is 5.75 Å². The van der Waals surface area contributed by atoms with E-state index in [1.807, 2.05) is 12.1 Å². The number of benzene rings is 1. The molecule has 7 nitrogen and oxygen atoms in total. The lowest BCUT2D eigenvalue weighted by Gasteiger charge is -2.27. The lowest BCUT2D eigenvalue weighted by Crippen LogP contribution is -2.37. The van der Waals surface area contributed by atoms with Gasteiger partial charge in [0.05, 0.1) is 19.2 Å². The van der Waals surface area contributed by atoms with Crippen molar-refractivity contribution in [1.29, 1.82) is 0 Å². The van der Waals surface area contributed by atoms with Gasteiger partial charge in [-0.25, -0.2) is 0 Å². The van der Waals surface area contributed by atoms with Gasteiger partial charge >= 0.3 is 0 Å². The Labute approximate surface area is 159 Å². The fourth-order valence-corrected chi connectivity index (χ4v) is 3.14. The Morgan fingerprint density at radius 1 is 1.37 bits per heavy atom. The highest BCUT2D eigenvalue weighted by molar-refractivity contribution is 5.98. The molecular weight excluding hydrogens is 344 g/mol. The smallest absolute Gasteiger partial charge is 0.272 e. The van der Waals surface area contributed by atoms with E-state index < -0.39 is 0 Å². The summed E-state index contributed by atoms with van der Waals surface area (Å²) in [4.78, 5) is 27.2. The van der Waals surface area contributed by atoms with E-state index in [-0.39, 0.29) is 11.8 Å². The Kier molecular flexibility index (Phi) is 5.78. The van der Waals surface area contributed by atoms with Gasteiger partial charge in [-0.15, -0.1) is 0 Å². The summed E-state index contributed by atoms with van der Waals surface area (Å²) in [5.74, 6) is 0.656. The number of carbonyl (C=O) groups is 2. The van der Waals surface area contributed by atoms with E-state index in [2.05, 4.69) is 29.4 Å². The van der Waals surface area contributed by atoms with Gasteiger partial charge in [0.2, 0.25) is 0 Å². The minimum Gasteiger partial charge on any atom is -0.496 e. The standard InChI is InChI=1S/C20H26N4O3/c1-4-13(2)11-21-19(25)18-15-12-24(10-9-16(15)22-23-18)20(26)14-7-5-6-8-17(14)27-3/h5-8,13H,4,9-12H2,1-3H3,(H,21,25)(H,22,23). The Hall–Kier alpha value is -2.83. The molecule has 1 aliphatic heterocycles. The van der Waals surface area contributed by atoms with Crippen LogP contribution in [0.25, 0.3) is 0 Å². The summed E-state index contributed by atoms with van der Waals surface area (Å²) in [7, 11) is 1.55. The second-order valence-corrected chi connectivity index (χ2v) is 6.93. The van der Waals surface area contributed by atoms with Gasteiger partial charge in [-0.1, -0.05) is 32.4 Å². The fourth-order valence-electron chi connectivity index (χ4n) is 3.14. The van der Waals surface area contributed by atoms with Crippen LogP contribution >= 0.6 is 0 Å². The topological polar surface area (TPSA) is 87.3 Å². The Morgan fingerprint density at radius 2 is 2.15 bits per heavy atom. The molecule has 1 aliphatic rings. The molecule has 2 amide bonds. The number of amides is 2. The molecule has 2 N–H and O–H groups in total. The van der Waals surface area contributed by atoms with Gasteiger partial charge in [0.25, 0.3) is 11.8 Å². The first-order valence-electron chi connectivity index (χ1n) is 9.31. The van der Waals surface area contributed by atoms with E-state index in [1.54, 1.807) is 24.1 Å². The highest BCUT2D eigenvalue weighted by atomic mass is 16.5. The Morgan fingerprint density at radius 3 is 2.89 bits per heavy atom. The Balaban J connectivity index is 1.77. The third kappa shape index (κ3) is 3.97. The first-order valence-corrected chi connectivity index (χ1v) is 9.31. The van der Waals surface area contributed by atoms with Crippen molar-refractivity contribution in [1.82, 2.24) is 20.4 Å². The molecule has 7 heteroatoms. The maximum Gasteiger partial charge on any atom is 0.272 e. The van der Waals surface area contributed by atoms with Crippen LogP contribution in [0, 0.1) is 5.92 Å². The zero-order valence-electron chi connectivity index (χ0n) is 16.0. The number of H-pyrrole nitrogens is 1. The number of ether oxygens (including phenoxy) is 1. The molecule has 0 aliphatic carbocycles. The van der Waals surface area contributed by atoms with E-state index in [0.717, 1.165) is 17.7 Å². The number of nitrogens with zero attached hydrogens (tertiary/aromatic N) is 2. The summed E-state index contributed by atoms with van der Waals surface area (Å²) >= 11 is 0. The maximum atomic E-state index is 13.0. The second-order valence-electron chi connectivity index (χ2n) is 6.93. The summed E-state index contributed by atoms with van der Waals surface area (Å²) < 4.78 is 5.31. The van der Waals surface area contributed by atoms with Crippen LogP contribution in [0.15, 0.2) is 24.3 Å². The largest absolute Gasteiger partial charge is 0.496 e. The molecular formula is C20H26N4O3. The van der Waals surface area contributed by atoms with Gasteiger partial charge in [0, 0.05) is 30.8 Å². The predicted octanol–water partition coefficient (Wildman–Crippen LogP) is 2.39. The van der Waals surface area contributed by atoms with E-state index in [4.69, 9.17) is 4.74 Å². The molecule has 2 aromatic rings. The van der Waals surface area contributed by atoms with Crippen LogP contribution in [0.2, 0.25) is 0 Å². The highest BCUT2D eigenvalue weighted by Crippen LogP contribution is 2.25. The van der Waals surface area contributed by atoms with Crippen molar-refractivity contribution in [2.75, 3.05) is 20.2 Å². The molecule has 0 spiro atoms. The minimum absolute atomic E-state index is 0.106. The van der Waals surface area contributed by atoms with Crippen LogP contribution in [0.1, 0.15) is 52.4 Å². The van der Waals surface area contributed by atoms with Crippen molar-refractivity contribution in [3.05, 3.63) is 46.8 Å². The van der Waals surface area contributed by atoms with Crippen molar-refractivity contribution in [2.24, 2.45) is 5.92 Å². The van der Waals surface area contributed by atoms with Crippen molar-refractivity contribution < 1.29 is 14.3 Å². The van der Waals surface area contributed by atoms with Gasteiger partial charge in [-0.2, -0.15) is 5.10 Å². The number of aromatic amines is 1. The van der Waals surface area contributed by atoms with Crippen LogP contribution in [0.3, 0.4) is 0 Å².